The minimum absolute atomic E-state index is 0.0693. The number of pyridine rings is 1. The molecule has 2 aromatic heterocycles. The third-order valence-corrected chi connectivity index (χ3v) is 6.28. The number of benzene rings is 1. The zero-order valence-electron chi connectivity index (χ0n) is 20.5. The lowest BCUT2D eigenvalue weighted by molar-refractivity contribution is 0.0129. The van der Waals surface area contributed by atoms with Crippen molar-refractivity contribution in [3.63, 3.8) is 0 Å². The fraction of sp³-hybridized carbons (Fsp3) is 0.423. The predicted molar refractivity (Wildman–Crippen MR) is 133 cm³/mol. The van der Waals surface area contributed by atoms with Gasteiger partial charge in [-0.1, -0.05) is 20.8 Å². The first-order valence-electron chi connectivity index (χ1n) is 11.8. The number of hydrogen-bond donors (Lipinski definition) is 2. The van der Waals surface area contributed by atoms with Crippen molar-refractivity contribution in [2.45, 2.75) is 52.7 Å². The molecule has 3 aromatic rings. The molecule has 9 nitrogen and oxygen atoms in total. The Bertz CT molecular complexity index is 1200. The molecular formula is C26H32N4O5. The van der Waals surface area contributed by atoms with E-state index in [0.29, 0.717) is 37.4 Å². The Hall–Kier alpha value is -3.75. The van der Waals surface area contributed by atoms with Crippen LogP contribution >= 0.6 is 0 Å². The Morgan fingerprint density at radius 2 is 2.00 bits per heavy atom. The van der Waals surface area contributed by atoms with Crippen LogP contribution in [0, 0.1) is 5.41 Å². The van der Waals surface area contributed by atoms with Gasteiger partial charge in [-0.05, 0) is 48.7 Å². The Labute approximate surface area is 204 Å². The molecule has 9 heteroatoms. The summed E-state index contributed by atoms with van der Waals surface area (Å²) in [6, 6.07) is 11.3. The average Bonchev–Trinajstić information content (AvgIpc) is 3.22. The molecule has 2 N–H and O–H groups in total. The molecule has 0 aliphatic carbocycles. The zero-order valence-corrected chi connectivity index (χ0v) is 20.5. The maximum atomic E-state index is 11.7. The topological polar surface area (TPSA) is 106 Å². The quantitative estimate of drug-likeness (QED) is 0.497. The van der Waals surface area contributed by atoms with E-state index in [1.54, 1.807) is 13.1 Å². The van der Waals surface area contributed by atoms with E-state index in [-0.39, 0.29) is 17.6 Å². The lowest BCUT2D eigenvalue weighted by Crippen LogP contribution is -2.53. The molecule has 1 fully saturated rings. The van der Waals surface area contributed by atoms with Crippen LogP contribution in [-0.2, 0) is 4.74 Å². The Morgan fingerprint density at radius 1 is 1.20 bits per heavy atom. The fourth-order valence-electron chi connectivity index (χ4n) is 4.57. The normalized spacial score (nSPS) is 18.3. The van der Waals surface area contributed by atoms with Crippen molar-refractivity contribution in [1.82, 2.24) is 14.5 Å². The van der Waals surface area contributed by atoms with Crippen LogP contribution in [-0.4, -0.2) is 57.0 Å². The number of fused-ring (bicyclic) bond motifs is 1. The molecule has 2 amide bonds. The minimum Gasteiger partial charge on any atom is -0.489 e. The predicted octanol–water partition coefficient (Wildman–Crippen LogP) is 5.53. The summed E-state index contributed by atoms with van der Waals surface area (Å²) in [7, 11) is 0. The van der Waals surface area contributed by atoms with Gasteiger partial charge >= 0.3 is 12.2 Å². The first-order valence-corrected chi connectivity index (χ1v) is 11.8. The van der Waals surface area contributed by atoms with Crippen LogP contribution in [0.3, 0.4) is 0 Å². The summed E-state index contributed by atoms with van der Waals surface area (Å²) in [5.74, 6) is 1.40. The number of nitrogens with zero attached hydrogens (tertiary/aromatic N) is 3. The van der Waals surface area contributed by atoms with Gasteiger partial charge in [-0.15, -0.1) is 0 Å². The van der Waals surface area contributed by atoms with Gasteiger partial charge in [-0.2, -0.15) is 0 Å². The maximum absolute atomic E-state index is 11.7. The van der Waals surface area contributed by atoms with Crippen molar-refractivity contribution in [2.75, 3.05) is 18.5 Å². The van der Waals surface area contributed by atoms with E-state index in [2.05, 4.69) is 31.1 Å². The number of carboxylic acid groups (broad SMARTS) is 1. The van der Waals surface area contributed by atoms with Crippen LogP contribution in [0.4, 0.5) is 15.3 Å². The number of hydrogen-bond acceptors (Lipinski definition) is 5. The van der Waals surface area contributed by atoms with E-state index in [1.165, 1.54) is 4.90 Å². The largest absolute Gasteiger partial charge is 0.489 e. The van der Waals surface area contributed by atoms with Gasteiger partial charge in [-0.25, -0.2) is 14.6 Å². The highest BCUT2D eigenvalue weighted by molar-refractivity contribution is 5.90. The average molecular weight is 481 g/mol. The number of piperidine rings is 1. The highest BCUT2D eigenvalue weighted by Gasteiger charge is 2.39. The van der Waals surface area contributed by atoms with Crippen molar-refractivity contribution in [2.24, 2.45) is 5.41 Å². The third kappa shape index (κ3) is 5.50. The molecule has 186 valence electrons. The molecule has 0 spiro atoms. The second-order valence-corrected chi connectivity index (χ2v) is 9.78. The second-order valence-electron chi connectivity index (χ2n) is 9.78. The first-order chi connectivity index (χ1) is 16.7. The molecule has 2 unspecified atom stereocenters. The highest BCUT2D eigenvalue weighted by atomic mass is 16.5. The molecule has 1 aliphatic heterocycles. The van der Waals surface area contributed by atoms with E-state index < -0.39 is 12.2 Å². The van der Waals surface area contributed by atoms with Crippen LogP contribution in [0.25, 0.3) is 16.7 Å². The van der Waals surface area contributed by atoms with Gasteiger partial charge in [0.1, 0.15) is 17.7 Å². The number of nitrogens with one attached hydrogen (secondary N) is 1. The molecule has 3 heterocycles. The van der Waals surface area contributed by atoms with E-state index in [4.69, 9.17) is 9.47 Å². The third-order valence-electron chi connectivity index (χ3n) is 6.28. The molecule has 0 bridgehead atoms. The monoisotopic (exact) mass is 480 g/mol. The summed E-state index contributed by atoms with van der Waals surface area (Å²) in [6.45, 7) is 8.71. The standard InChI is InChI=1S/C26H32N4O5/c1-5-34-24(31)28-18-6-8-21-17(14-18)10-12-29(21)23-9-7-20(16-27-23)35-19-11-13-30(25(32)33)22(15-19)26(2,3)4/h6-10,12,14,16,19,22H,5,11,13,15H2,1-4H3,(H,28,31)(H,32,33). The zero-order chi connectivity index (χ0) is 25.2. The van der Waals surface area contributed by atoms with Gasteiger partial charge in [0.05, 0.1) is 18.3 Å². The number of aromatic nitrogens is 2. The number of ether oxygens (including phenoxy) is 2. The number of anilines is 1. The summed E-state index contributed by atoms with van der Waals surface area (Å²) in [6.07, 6.45) is 3.49. The highest BCUT2D eigenvalue weighted by Crippen LogP contribution is 2.34. The minimum atomic E-state index is -0.878. The number of carbonyl (C=O) groups excluding carboxylic acids is 1. The summed E-state index contributed by atoms with van der Waals surface area (Å²) in [4.78, 5) is 29.5. The lowest BCUT2D eigenvalue weighted by Gasteiger charge is -2.44. The fourth-order valence-corrected chi connectivity index (χ4v) is 4.57. The van der Waals surface area contributed by atoms with Gasteiger partial charge in [0.15, 0.2) is 0 Å². The molecule has 0 saturated carbocycles. The Kier molecular flexibility index (Phi) is 6.86. The van der Waals surface area contributed by atoms with Gasteiger partial charge in [0.25, 0.3) is 0 Å². The second kappa shape index (κ2) is 9.85. The molecule has 4 rings (SSSR count). The van der Waals surface area contributed by atoms with E-state index in [0.717, 1.165) is 16.7 Å². The smallest absolute Gasteiger partial charge is 0.411 e. The molecule has 1 aromatic carbocycles. The number of likely N-dealkylation sites (tertiary alicyclic amines) is 1. The van der Waals surface area contributed by atoms with Crippen LogP contribution in [0.2, 0.25) is 0 Å². The van der Waals surface area contributed by atoms with Crippen molar-refractivity contribution < 1.29 is 24.2 Å². The van der Waals surface area contributed by atoms with Crippen LogP contribution in [0.5, 0.6) is 5.75 Å². The van der Waals surface area contributed by atoms with Gasteiger partial charge in [0, 0.05) is 42.7 Å². The van der Waals surface area contributed by atoms with Crippen molar-refractivity contribution in [3.8, 4) is 11.6 Å². The van der Waals surface area contributed by atoms with Gasteiger partial charge in [0.2, 0.25) is 0 Å². The van der Waals surface area contributed by atoms with E-state index in [1.807, 2.05) is 47.2 Å². The van der Waals surface area contributed by atoms with Crippen molar-refractivity contribution in [3.05, 3.63) is 48.8 Å². The van der Waals surface area contributed by atoms with Crippen molar-refractivity contribution in [1.29, 1.82) is 0 Å². The Balaban J connectivity index is 1.45. The molecule has 2 atom stereocenters. The summed E-state index contributed by atoms with van der Waals surface area (Å²) < 4.78 is 13.1. The molecule has 1 saturated heterocycles. The summed E-state index contributed by atoms with van der Waals surface area (Å²) >= 11 is 0. The number of carbonyl (C=O) groups is 2. The molecule has 35 heavy (non-hydrogen) atoms. The van der Waals surface area contributed by atoms with Crippen LogP contribution in [0.15, 0.2) is 48.8 Å². The van der Waals surface area contributed by atoms with Gasteiger partial charge in [-0.3, -0.25) is 5.32 Å². The molecule has 0 radical (unpaired) electrons. The SMILES string of the molecule is CCOC(=O)Nc1ccc2c(ccn2-c2ccc(OC3CCN(C(=O)O)C(C(C)(C)C)C3)cn2)c1. The van der Waals surface area contributed by atoms with Gasteiger partial charge < -0.3 is 24.0 Å². The van der Waals surface area contributed by atoms with Crippen molar-refractivity contribution >= 4 is 28.8 Å². The Morgan fingerprint density at radius 3 is 2.66 bits per heavy atom. The van der Waals surface area contributed by atoms with E-state index >= 15 is 0 Å². The summed E-state index contributed by atoms with van der Waals surface area (Å²) in [5, 5.41) is 13.2. The first kappa shape index (κ1) is 24.4. The number of rotatable bonds is 5. The number of amides is 2. The van der Waals surface area contributed by atoms with E-state index in [9.17, 15) is 14.7 Å². The van der Waals surface area contributed by atoms with Crippen LogP contribution in [0.1, 0.15) is 40.5 Å². The lowest BCUT2D eigenvalue weighted by atomic mass is 9.80. The molecular weight excluding hydrogens is 448 g/mol. The summed E-state index contributed by atoms with van der Waals surface area (Å²) in [5.41, 5.74) is 1.44. The molecule has 1 aliphatic rings. The maximum Gasteiger partial charge on any atom is 0.411 e. The van der Waals surface area contributed by atoms with Crippen LogP contribution < -0.4 is 10.1 Å².